The molecule has 0 unspecified atom stereocenters. The van der Waals surface area contributed by atoms with Gasteiger partial charge in [-0.15, -0.1) is 0 Å². The van der Waals surface area contributed by atoms with E-state index in [4.69, 9.17) is 15.7 Å². The highest BCUT2D eigenvalue weighted by Gasteiger charge is 2.13. The van der Waals surface area contributed by atoms with E-state index >= 15 is 0 Å². The summed E-state index contributed by atoms with van der Waals surface area (Å²) in [7, 11) is 3.15. The molecule has 0 aliphatic heterocycles. The van der Waals surface area contributed by atoms with Gasteiger partial charge >= 0.3 is 5.97 Å². The van der Waals surface area contributed by atoms with Crippen LogP contribution < -0.4 is 10.6 Å². The SMILES string of the molecule is COC(=O)c1ccc(N)c(N(C)c2cccc(C#N)c2)c1. The Morgan fingerprint density at radius 3 is 2.71 bits per heavy atom. The van der Waals surface area contributed by atoms with Crippen LogP contribution in [0.1, 0.15) is 15.9 Å². The average molecular weight is 281 g/mol. The van der Waals surface area contributed by atoms with Crippen molar-refractivity contribution >= 4 is 23.0 Å². The van der Waals surface area contributed by atoms with E-state index in [2.05, 4.69) is 6.07 Å². The van der Waals surface area contributed by atoms with Crippen molar-refractivity contribution in [2.24, 2.45) is 0 Å². The molecule has 2 N–H and O–H groups in total. The number of benzene rings is 2. The van der Waals surface area contributed by atoms with Crippen molar-refractivity contribution in [2.45, 2.75) is 0 Å². The van der Waals surface area contributed by atoms with Gasteiger partial charge in [0.1, 0.15) is 0 Å². The number of methoxy groups -OCH3 is 1. The first-order valence-electron chi connectivity index (χ1n) is 6.28. The predicted octanol–water partition coefficient (Wildman–Crippen LogP) is 2.69. The monoisotopic (exact) mass is 281 g/mol. The van der Waals surface area contributed by atoms with E-state index < -0.39 is 5.97 Å². The van der Waals surface area contributed by atoms with Crippen molar-refractivity contribution in [1.82, 2.24) is 0 Å². The minimum atomic E-state index is -0.421. The largest absolute Gasteiger partial charge is 0.465 e. The van der Waals surface area contributed by atoms with Gasteiger partial charge in [0.15, 0.2) is 0 Å². The zero-order valence-electron chi connectivity index (χ0n) is 11.8. The summed E-state index contributed by atoms with van der Waals surface area (Å²) in [4.78, 5) is 13.4. The van der Waals surface area contributed by atoms with Crippen LogP contribution >= 0.6 is 0 Å². The van der Waals surface area contributed by atoms with Gasteiger partial charge in [-0.3, -0.25) is 0 Å². The minimum absolute atomic E-state index is 0.421. The Labute approximate surface area is 123 Å². The number of rotatable bonds is 3. The number of ether oxygens (including phenoxy) is 1. The van der Waals surface area contributed by atoms with Gasteiger partial charge in [-0.05, 0) is 36.4 Å². The van der Waals surface area contributed by atoms with E-state index in [1.54, 1.807) is 36.4 Å². The molecule has 5 heteroatoms. The van der Waals surface area contributed by atoms with E-state index in [1.165, 1.54) is 7.11 Å². The Morgan fingerprint density at radius 2 is 2.05 bits per heavy atom. The molecular formula is C16H15N3O2. The number of hydrogen-bond donors (Lipinski definition) is 1. The first kappa shape index (κ1) is 14.4. The van der Waals surface area contributed by atoms with Gasteiger partial charge in [-0.2, -0.15) is 5.26 Å². The molecule has 21 heavy (non-hydrogen) atoms. The second-order valence-corrected chi connectivity index (χ2v) is 4.49. The van der Waals surface area contributed by atoms with Crippen LogP contribution in [0.4, 0.5) is 17.1 Å². The zero-order valence-corrected chi connectivity index (χ0v) is 11.8. The number of nitrogen functional groups attached to an aromatic ring is 1. The van der Waals surface area contributed by atoms with Crippen LogP contribution in [0.25, 0.3) is 0 Å². The normalized spacial score (nSPS) is 9.76. The number of hydrogen-bond acceptors (Lipinski definition) is 5. The van der Waals surface area contributed by atoms with Gasteiger partial charge in [-0.25, -0.2) is 4.79 Å². The van der Waals surface area contributed by atoms with E-state index in [0.717, 1.165) is 5.69 Å². The maximum Gasteiger partial charge on any atom is 0.337 e. The number of anilines is 3. The van der Waals surface area contributed by atoms with E-state index in [-0.39, 0.29) is 0 Å². The Morgan fingerprint density at radius 1 is 1.29 bits per heavy atom. The third-order valence-electron chi connectivity index (χ3n) is 3.18. The van der Waals surface area contributed by atoms with E-state index in [0.29, 0.717) is 22.5 Å². The molecule has 0 fully saturated rings. The number of nitriles is 1. The summed E-state index contributed by atoms with van der Waals surface area (Å²) in [6.45, 7) is 0. The number of carbonyl (C=O) groups excluding carboxylic acids is 1. The summed E-state index contributed by atoms with van der Waals surface area (Å²) < 4.78 is 4.71. The first-order valence-corrected chi connectivity index (χ1v) is 6.28. The van der Waals surface area contributed by atoms with Crippen LogP contribution in [0.15, 0.2) is 42.5 Å². The highest BCUT2D eigenvalue weighted by Crippen LogP contribution is 2.30. The Balaban J connectivity index is 2.44. The first-order chi connectivity index (χ1) is 10.1. The molecule has 2 aromatic rings. The van der Waals surface area contributed by atoms with Crippen molar-refractivity contribution in [3.8, 4) is 6.07 Å². The molecule has 0 bridgehead atoms. The molecule has 2 rings (SSSR count). The molecule has 5 nitrogen and oxygen atoms in total. The van der Waals surface area contributed by atoms with Crippen molar-refractivity contribution in [2.75, 3.05) is 24.8 Å². The summed E-state index contributed by atoms with van der Waals surface area (Å²) in [5, 5.41) is 8.96. The molecule has 0 aliphatic rings. The fourth-order valence-electron chi connectivity index (χ4n) is 2.00. The summed E-state index contributed by atoms with van der Waals surface area (Å²) in [5.74, 6) is -0.421. The van der Waals surface area contributed by atoms with Crippen LogP contribution in [0, 0.1) is 11.3 Å². The standard InChI is InChI=1S/C16H15N3O2/c1-19(13-5-3-4-11(8-13)10-17)15-9-12(16(20)21-2)6-7-14(15)18/h3-9H,18H2,1-2H3. The molecule has 0 aliphatic carbocycles. The molecule has 0 radical (unpaired) electrons. The molecule has 0 spiro atoms. The molecule has 0 heterocycles. The van der Waals surface area contributed by atoms with Crippen LogP contribution in [-0.4, -0.2) is 20.1 Å². The zero-order chi connectivity index (χ0) is 15.4. The lowest BCUT2D eigenvalue weighted by molar-refractivity contribution is 0.0601. The number of nitrogens with two attached hydrogens (primary N) is 1. The van der Waals surface area contributed by atoms with Crippen molar-refractivity contribution in [1.29, 1.82) is 5.26 Å². The Kier molecular flexibility index (Phi) is 4.10. The van der Waals surface area contributed by atoms with E-state index in [1.807, 2.05) is 18.0 Å². The quantitative estimate of drug-likeness (QED) is 0.691. The second-order valence-electron chi connectivity index (χ2n) is 4.49. The van der Waals surface area contributed by atoms with E-state index in [9.17, 15) is 4.79 Å². The molecule has 106 valence electrons. The molecule has 0 aromatic heterocycles. The lowest BCUT2D eigenvalue weighted by Gasteiger charge is -2.22. The fourth-order valence-corrected chi connectivity index (χ4v) is 2.00. The minimum Gasteiger partial charge on any atom is -0.465 e. The average Bonchev–Trinajstić information content (AvgIpc) is 2.54. The van der Waals surface area contributed by atoms with Crippen molar-refractivity contribution in [3.05, 3.63) is 53.6 Å². The Hall–Kier alpha value is -3.00. The van der Waals surface area contributed by atoms with Gasteiger partial charge in [-0.1, -0.05) is 6.07 Å². The predicted molar refractivity (Wildman–Crippen MR) is 81.4 cm³/mol. The Bertz CT molecular complexity index is 720. The lowest BCUT2D eigenvalue weighted by atomic mass is 10.1. The summed E-state index contributed by atoms with van der Waals surface area (Å²) >= 11 is 0. The molecule has 0 amide bonds. The highest BCUT2D eigenvalue weighted by molar-refractivity contribution is 5.92. The van der Waals surface area contributed by atoms with Crippen LogP contribution in [-0.2, 0) is 4.74 Å². The summed E-state index contributed by atoms with van der Waals surface area (Å²) in [5.41, 5.74) is 8.98. The molecule has 2 aromatic carbocycles. The van der Waals surface area contributed by atoms with Crippen molar-refractivity contribution in [3.63, 3.8) is 0 Å². The topological polar surface area (TPSA) is 79.3 Å². The fraction of sp³-hybridized carbons (Fsp3) is 0.125. The molecule has 0 atom stereocenters. The summed E-state index contributed by atoms with van der Waals surface area (Å²) in [6.07, 6.45) is 0. The number of carbonyl (C=O) groups is 1. The van der Waals surface area contributed by atoms with Crippen LogP contribution in [0.5, 0.6) is 0 Å². The van der Waals surface area contributed by atoms with Gasteiger partial charge in [0.05, 0.1) is 35.7 Å². The van der Waals surface area contributed by atoms with Crippen LogP contribution in [0.2, 0.25) is 0 Å². The van der Waals surface area contributed by atoms with Crippen molar-refractivity contribution < 1.29 is 9.53 Å². The summed E-state index contributed by atoms with van der Waals surface area (Å²) in [6, 6.07) is 14.2. The third-order valence-corrected chi connectivity index (χ3v) is 3.18. The maximum absolute atomic E-state index is 11.6. The number of esters is 1. The smallest absolute Gasteiger partial charge is 0.337 e. The van der Waals surface area contributed by atoms with Gasteiger partial charge in [0, 0.05) is 12.7 Å². The second kappa shape index (κ2) is 5.97. The number of nitrogens with zero attached hydrogens (tertiary/aromatic N) is 2. The lowest BCUT2D eigenvalue weighted by Crippen LogP contribution is -2.13. The third kappa shape index (κ3) is 2.95. The van der Waals surface area contributed by atoms with Gasteiger partial charge in [0.25, 0.3) is 0 Å². The highest BCUT2D eigenvalue weighted by atomic mass is 16.5. The van der Waals surface area contributed by atoms with Gasteiger partial charge in [0.2, 0.25) is 0 Å². The molecular weight excluding hydrogens is 266 g/mol. The molecule has 0 saturated carbocycles. The maximum atomic E-state index is 11.6. The van der Waals surface area contributed by atoms with Gasteiger partial charge < -0.3 is 15.4 Å². The molecule has 0 saturated heterocycles. The van der Waals surface area contributed by atoms with Crippen LogP contribution in [0.3, 0.4) is 0 Å².